The fourth-order valence-electron chi connectivity index (χ4n) is 1.21. The van der Waals surface area contributed by atoms with Crippen LogP contribution in [0.4, 0.5) is 0 Å². The van der Waals surface area contributed by atoms with Crippen LogP contribution < -0.4 is 5.32 Å². The predicted molar refractivity (Wildman–Crippen MR) is 60.2 cm³/mol. The van der Waals surface area contributed by atoms with Crippen LogP contribution in [0.3, 0.4) is 0 Å². The van der Waals surface area contributed by atoms with Crippen LogP contribution in [0.25, 0.3) is 0 Å². The van der Waals surface area contributed by atoms with Crippen LogP contribution in [0.5, 0.6) is 0 Å². The van der Waals surface area contributed by atoms with Gasteiger partial charge >= 0.3 is 0 Å². The number of carbonyl (C=O) groups is 1. The monoisotopic (exact) mass is 211 g/mol. The van der Waals surface area contributed by atoms with Gasteiger partial charge in [-0.05, 0) is 18.9 Å². The lowest BCUT2D eigenvalue weighted by Crippen LogP contribution is -2.39. The molecule has 0 spiro atoms. The summed E-state index contributed by atoms with van der Waals surface area (Å²) < 4.78 is 0. The molecule has 0 radical (unpaired) electrons. The summed E-state index contributed by atoms with van der Waals surface area (Å²) in [5.41, 5.74) is 0. The van der Waals surface area contributed by atoms with Crippen molar-refractivity contribution in [2.45, 2.75) is 27.2 Å². The normalized spacial score (nSPS) is 10.4. The first-order chi connectivity index (χ1) is 7.10. The van der Waals surface area contributed by atoms with Gasteiger partial charge in [0.1, 0.15) is 0 Å². The van der Waals surface area contributed by atoms with Crippen molar-refractivity contribution in [1.29, 1.82) is 5.26 Å². The van der Waals surface area contributed by atoms with Gasteiger partial charge in [0, 0.05) is 6.54 Å². The largest absolute Gasteiger partial charge is 0.355 e. The zero-order chi connectivity index (χ0) is 11.7. The molecule has 0 rings (SSSR count). The summed E-state index contributed by atoms with van der Waals surface area (Å²) in [5.74, 6) is 0.469. The third-order valence-electron chi connectivity index (χ3n) is 1.91. The molecule has 4 heteroatoms. The number of nitrogens with zero attached hydrogens (tertiary/aromatic N) is 2. The standard InChI is InChI=1S/C11H21N3O/c1-4-6-14(7-5-12)9-11(15)13-8-10(2)3/h10H,4,6-9H2,1-3H3,(H,13,15). The van der Waals surface area contributed by atoms with E-state index in [1.807, 2.05) is 11.8 Å². The van der Waals surface area contributed by atoms with E-state index < -0.39 is 0 Å². The quantitative estimate of drug-likeness (QED) is 0.639. The summed E-state index contributed by atoms with van der Waals surface area (Å²) in [6.45, 7) is 8.29. The number of rotatable bonds is 7. The maximum atomic E-state index is 11.4. The fourth-order valence-corrected chi connectivity index (χ4v) is 1.21. The van der Waals surface area contributed by atoms with Gasteiger partial charge in [0.05, 0.1) is 19.2 Å². The van der Waals surface area contributed by atoms with Gasteiger partial charge in [-0.15, -0.1) is 0 Å². The summed E-state index contributed by atoms with van der Waals surface area (Å²) in [7, 11) is 0. The molecular weight excluding hydrogens is 190 g/mol. The lowest BCUT2D eigenvalue weighted by molar-refractivity contribution is -0.122. The molecule has 0 atom stereocenters. The second kappa shape index (κ2) is 8.25. The molecule has 0 saturated heterocycles. The van der Waals surface area contributed by atoms with Crippen molar-refractivity contribution in [2.75, 3.05) is 26.2 Å². The zero-order valence-electron chi connectivity index (χ0n) is 9.92. The number of hydrogen-bond donors (Lipinski definition) is 1. The Balaban J connectivity index is 3.84. The van der Waals surface area contributed by atoms with Crippen molar-refractivity contribution in [3.63, 3.8) is 0 Å². The Labute approximate surface area is 92.3 Å². The zero-order valence-corrected chi connectivity index (χ0v) is 9.92. The predicted octanol–water partition coefficient (Wildman–Crippen LogP) is 0.994. The summed E-state index contributed by atoms with van der Waals surface area (Å²) in [6.07, 6.45) is 0.957. The Bertz CT molecular complexity index is 220. The number of carbonyl (C=O) groups excluding carboxylic acids is 1. The Kier molecular flexibility index (Phi) is 7.65. The minimum atomic E-state index is 0.00685. The molecule has 0 saturated carbocycles. The Hall–Kier alpha value is -1.08. The molecule has 0 aromatic rings. The molecule has 0 aromatic carbocycles. The van der Waals surface area contributed by atoms with Crippen LogP contribution in [0.2, 0.25) is 0 Å². The van der Waals surface area contributed by atoms with Crippen LogP contribution in [-0.4, -0.2) is 37.0 Å². The van der Waals surface area contributed by atoms with E-state index >= 15 is 0 Å². The highest BCUT2D eigenvalue weighted by molar-refractivity contribution is 5.78. The van der Waals surface area contributed by atoms with Crippen LogP contribution in [0, 0.1) is 17.2 Å². The van der Waals surface area contributed by atoms with Gasteiger partial charge in [-0.1, -0.05) is 20.8 Å². The smallest absolute Gasteiger partial charge is 0.234 e. The van der Waals surface area contributed by atoms with Crippen molar-refractivity contribution >= 4 is 5.91 Å². The topological polar surface area (TPSA) is 56.1 Å². The molecule has 0 aliphatic rings. The van der Waals surface area contributed by atoms with E-state index in [0.717, 1.165) is 13.0 Å². The van der Waals surface area contributed by atoms with Crippen molar-refractivity contribution < 1.29 is 4.79 Å². The highest BCUT2D eigenvalue weighted by Crippen LogP contribution is 1.91. The van der Waals surface area contributed by atoms with Gasteiger partial charge in [-0.2, -0.15) is 5.26 Å². The second-order valence-corrected chi connectivity index (χ2v) is 4.07. The Morgan fingerprint density at radius 2 is 2.20 bits per heavy atom. The molecule has 0 aromatic heterocycles. The number of amides is 1. The van der Waals surface area contributed by atoms with E-state index in [0.29, 0.717) is 25.6 Å². The summed E-state index contributed by atoms with van der Waals surface area (Å²) >= 11 is 0. The lowest BCUT2D eigenvalue weighted by Gasteiger charge is -2.17. The van der Waals surface area contributed by atoms with Crippen molar-refractivity contribution in [1.82, 2.24) is 10.2 Å². The van der Waals surface area contributed by atoms with Gasteiger partial charge in [0.25, 0.3) is 0 Å². The molecule has 86 valence electrons. The van der Waals surface area contributed by atoms with Crippen molar-refractivity contribution in [3.8, 4) is 6.07 Å². The third kappa shape index (κ3) is 7.95. The molecule has 15 heavy (non-hydrogen) atoms. The molecule has 1 N–H and O–H groups in total. The van der Waals surface area contributed by atoms with E-state index in [-0.39, 0.29) is 5.91 Å². The van der Waals surface area contributed by atoms with E-state index in [4.69, 9.17) is 5.26 Å². The minimum Gasteiger partial charge on any atom is -0.355 e. The minimum absolute atomic E-state index is 0.00685. The third-order valence-corrected chi connectivity index (χ3v) is 1.91. The maximum absolute atomic E-state index is 11.4. The SMILES string of the molecule is CCCN(CC#N)CC(=O)NCC(C)C. The molecule has 0 heterocycles. The Morgan fingerprint density at radius 1 is 1.53 bits per heavy atom. The Morgan fingerprint density at radius 3 is 2.67 bits per heavy atom. The van der Waals surface area contributed by atoms with E-state index in [1.165, 1.54) is 0 Å². The molecule has 0 aliphatic carbocycles. The molecule has 0 bridgehead atoms. The average molecular weight is 211 g/mol. The highest BCUT2D eigenvalue weighted by atomic mass is 16.2. The summed E-state index contributed by atoms with van der Waals surface area (Å²) in [6, 6.07) is 2.07. The van der Waals surface area contributed by atoms with Crippen LogP contribution in [0.1, 0.15) is 27.2 Å². The fraction of sp³-hybridized carbons (Fsp3) is 0.818. The number of hydrogen-bond acceptors (Lipinski definition) is 3. The molecule has 0 fully saturated rings. The van der Waals surface area contributed by atoms with Crippen LogP contribution in [-0.2, 0) is 4.79 Å². The van der Waals surface area contributed by atoms with Gasteiger partial charge in [-0.3, -0.25) is 9.69 Å². The van der Waals surface area contributed by atoms with Gasteiger partial charge in [-0.25, -0.2) is 0 Å². The molecule has 0 aliphatic heterocycles. The highest BCUT2D eigenvalue weighted by Gasteiger charge is 2.09. The number of nitriles is 1. The van der Waals surface area contributed by atoms with Gasteiger partial charge in [0.2, 0.25) is 5.91 Å². The summed E-state index contributed by atoms with van der Waals surface area (Å²) in [5, 5.41) is 11.4. The molecule has 0 unspecified atom stereocenters. The second-order valence-electron chi connectivity index (χ2n) is 4.07. The number of nitrogens with one attached hydrogen (secondary N) is 1. The van der Waals surface area contributed by atoms with Crippen molar-refractivity contribution in [3.05, 3.63) is 0 Å². The van der Waals surface area contributed by atoms with E-state index in [1.54, 1.807) is 0 Å². The average Bonchev–Trinajstić information content (AvgIpc) is 2.15. The first-order valence-electron chi connectivity index (χ1n) is 5.46. The van der Waals surface area contributed by atoms with E-state index in [9.17, 15) is 4.79 Å². The lowest BCUT2D eigenvalue weighted by atomic mass is 10.2. The first kappa shape index (κ1) is 13.9. The van der Waals surface area contributed by atoms with E-state index in [2.05, 4.69) is 25.2 Å². The van der Waals surface area contributed by atoms with Crippen molar-refractivity contribution in [2.24, 2.45) is 5.92 Å². The van der Waals surface area contributed by atoms with Crippen LogP contribution in [0.15, 0.2) is 0 Å². The van der Waals surface area contributed by atoms with Gasteiger partial charge < -0.3 is 5.32 Å². The molecule has 4 nitrogen and oxygen atoms in total. The first-order valence-corrected chi connectivity index (χ1v) is 5.46. The molecule has 1 amide bonds. The maximum Gasteiger partial charge on any atom is 0.234 e. The summed E-state index contributed by atoms with van der Waals surface area (Å²) in [4.78, 5) is 13.3. The van der Waals surface area contributed by atoms with Gasteiger partial charge in [0.15, 0.2) is 0 Å². The molecular formula is C11H21N3O. The van der Waals surface area contributed by atoms with Crippen LogP contribution >= 0.6 is 0 Å².